The zero-order valence-electron chi connectivity index (χ0n) is 10.5. The summed E-state index contributed by atoms with van der Waals surface area (Å²) in [5, 5.41) is 3.12. The molecular formula is C12H21NO4. The van der Waals surface area contributed by atoms with Gasteiger partial charge in [-0.25, -0.2) is 4.79 Å². The molecule has 0 bridgehead atoms. The largest absolute Gasteiger partial charge is 0.460 e. The third kappa shape index (κ3) is 3.66. The maximum Gasteiger partial charge on any atom is 0.336 e. The number of hydrogen-bond donors (Lipinski definition) is 1. The van der Waals surface area contributed by atoms with Gasteiger partial charge in [0.2, 0.25) is 0 Å². The Morgan fingerprint density at radius 3 is 2.59 bits per heavy atom. The van der Waals surface area contributed by atoms with Crippen LogP contribution in [0.2, 0.25) is 0 Å². The Morgan fingerprint density at radius 1 is 1.29 bits per heavy atom. The lowest BCUT2D eigenvalue weighted by molar-refractivity contribution is -0.173. The van der Waals surface area contributed by atoms with Crippen molar-refractivity contribution >= 4 is 5.97 Å². The third-order valence-electron chi connectivity index (χ3n) is 3.13. The van der Waals surface area contributed by atoms with Crippen molar-refractivity contribution in [3.8, 4) is 0 Å². The quantitative estimate of drug-likeness (QED) is 0.715. The Morgan fingerprint density at radius 2 is 2.00 bits per heavy atom. The van der Waals surface area contributed by atoms with Crippen LogP contribution >= 0.6 is 0 Å². The molecule has 2 fully saturated rings. The zero-order valence-corrected chi connectivity index (χ0v) is 10.5. The molecule has 2 saturated heterocycles. The first-order chi connectivity index (χ1) is 8.15. The van der Waals surface area contributed by atoms with Crippen LogP contribution in [0.3, 0.4) is 0 Å². The number of ether oxygens (including phenoxy) is 3. The Kier molecular flexibility index (Phi) is 4.36. The molecule has 2 heterocycles. The summed E-state index contributed by atoms with van der Waals surface area (Å²) in [6, 6.07) is 0. The summed E-state index contributed by atoms with van der Waals surface area (Å²) >= 11 is 0. The normalized spacial score (nSPS) is 38.7. The number of rotatable bonds is 2. The second kappa shape index (κ2) is 5.80. The lowest BCUT2D eigenvalue weighted by Crippen LogP contribution is -2.46. The first-order valence-corrected chi connectivity index (χ1v) is 6.33. The number of hydrogen-bond acceptors (Lipinski definition) is 5. The zero-order chi connectivity index (χ0) is 12.3. The Labute approximate surface area is 102 Å². The molecule has 1 N–H and O–H groups in total. The van der Waals surface area contributed by atoms with Crippen molar-refractivity contribution in [3.63, 3.8) is 0 Å². The van der Waals surface area contributed by atoms with Gasteiger partial charge in [-0.3, -0.25) is 0 Å². The minimum atomic E-state index is -0.447. The predicted octanol–water partition coefficient (Wildman–Crippen LogP) is 0.474. The van der Waals surface area contributed by atoms with Crippen LogP contribution in [-0.4, -0.2) is 50.1 Å². The van der Waals surface area contributed by atoms with Crippen LogP contribution in [-0.2, 0) is 19.0 Å². The Bertz CT molecular complexity index is 255. The SMILES string of the molecule is CC1CC(OC(=O)C2CNCCO2)CC(C)O1. The molecule has 0 aliphatic carbocycles. The molecule has 0 radical (unpaired) electrons. The lowest BCUT2D eigenvalue weighted by atomic mass is 10.0. The highest BCUT2D eigenvalue weighted by Gasteiger charge is 2.30. The highest BCUT2D eigenvalue weighted by atomic mass is 16.6. The van der Waals surface area contributed by atoms with E-state index in [9.17, 15) is 4.79 Å². The molecule has 5 heteroatoms. The molecule has 17 heavy (non-hydrogen) atoms. The summed E-state index contributed by atoms with van der Waals surface area (Å²) in [6.07, 6.45) is 1.37. The molecule has 98 valence electrons. The Hall–Kier alpha value is -0.650. The molecule has 0 spiro atoms. The van der Waals surface area contributed by atoms with E-state index in [2.05, 4.69) is 5.32 Å². The minimum absolute atomic E-state index is 0.0354. The second-order valence-electron chi connectivity index (χ2n) is 4.85. The van der Waals surface area contributed by atoms with Crippen molar-refractivity contribution in [1.82, 2.24) is 5.32 Å². The topological polar surface area (TPSA) is 56.8 Å². The van der Waals surface area contributed by atoms with Crippen molar-refractivity contribution in [3.05, 3.63) is 0 Å². The molecule has 0 aromatic rings. The van der Waals surface area contributed by atoms with Gasteiger partial charge in [-0.2, -0.15) is 0 Å². The molecule has 0 aromatic carbocycles. The molecule has 5 nitrogen and oxygen atoms in total. The van der Waals surface area contributed by atoms with E-state index in [-0.39, 0.29) is 24.3 Å². The summed E-state index contributed by atoms with van der Waals surface area (Å²) in [4.78, 5) is 11.9. The Balaban J connectivity index is 1.80. The van der Waals surface area contributed by atoms with E-state index in [0.29, 0.717) is 13.2 Å². The number of nitrogens with one attached hydrogen (secondary N) is 1. The summed E-state index contributed by atoms with van der Waals surface area (Å²) < 4.78 is 16.5. The third-order valence-corrected chi connectivity index (χ3v) is 3.13. The van der Waals surface area contributed by atoms with Crippen molar-refractivity contribution < 1.29 is 19.0 Å². The van der Waals surface area contributed by atoms with Gasteiger partial charge in [0.05, 0.1) is 18.8 Å². The van der Waals surface area contributed by atoms with Gasteiger partial charge < -0.3 is 19.5 Å². The molecule has 0 aromatic heterocycles. The average molecular weight is 243 g/mol. The number of morpholine rings is 1. The lowest BCUT2D eigenvalue weighted by Gasteiger charge is -2.33. The molecule has 3 atom stereocenters. The summed E-state index contributed by atoms with van der Waals surface area (Å²) in [6.45, 7) is 5.94. The van der Waals surface area contributed by atoms with Crippen LogP contribution in [0.15, 0.2) is 0 Å². The van der Waals surface area contributed by atoms with E-state index in [0.717, 1.165) is 19.4 Å². The smallest absolute Gasteiger partial charge is 0.336 e. The van der Waals surface area contributed by atoms with Gasteiger partial charge >= 0.3 is 5.97 Å². The van der Waals surface area contributed by atoms with E-state index in [4.69, 9.17) is 14.2 Å². The number of carbonyl (C=O) groups excluding carboxylic acids is 1. The van der Waals surface area contributed by atoms with Crippen LogP contribution in [0.1, 0.15) is 26.7 Å². The molecular weight excluding hydrogens is 222 g/mol. The van der Waals surface area contributed by atoms with Crippen molar-refractivity contribution in [2.75, 3.05) is 19.7 Å². The van der Waals surface area contributed by atoms with Gasteiger partial charge in [-0.05, 0) is 13.8 Å². The predicted molar refractivity (Wildman–Crippen MR) is 61.7 cm³/mol. The fourth-order valence-corrected chi connectivity index (χ4v) is 2.40. The number of esters is 1. The molecule has 2 aliphatic rings. The monoisotopic (exact) mass is 243 g/mol. The van der Waals surface area contributed by atoms with Crippen LogP contribution in [0.25, 0.3) is 0 Å². The first kappa shape index (κ1) is 12.8. The van der Waals surface area contributed by atoms with Crippen molar-refractivity contribution in [1.29, 1.82) is 0 Å². The summed E-state index contributed by atoms with van der Waals surface area (Å²) in [5.74, 6) is -0.247. The summed E-state index contributed by atoms with van der Waals surface area (Å²) in [5.41, 5.74) is 0. The van der Waals surface area contributed by atoms with E-state index >= 15 is 0 Å². The number of carbonyl (C=O) groups is 1. The highest BCUT2D eigenvalue weighted by Crippen LogP contribution is 2.22. The molecule has 0 saturated carbocycles. The van der Waals surface area contributed by atoms with E-state index < -0.39 is 6.10 Å². The maximum absolute atomic E-state index is 11.9. The fourth-order valence-electron chi connectivity index (χ4n) is 2.40. The van der Waals surface area contributed by atoms with Crippen LogP contribution in [0.4, 0.5) is 0 Å². The molecule has 2 aliphatic heterocycles. The molecule has 3 unspecified atom stereocenters. The minimum Gasteiger partial charge on any atom is -0.460 e. The van der Waals surface area contributed by atoms with Crippen LogP contribution < -0.4 is 5.32 Å². The molecule has 2 rings (SSSR count). The van der Waals surface area contributed by atoms with Gasteiger partial charge in [0.1, 0.15) is 6.10 Å². The molecule has 0 amide bonds. The van der Waals surface area contributed by atoms with Crippen molar-refractivity contribution in [2.24, 2.45) is 0 Å². The highest BCUT2D eigenvalue weighted by molar-refractivity contribution is 5.75. The van der Waals surface area contributed by atoms with Gasteiger partial charge in [-0.1, -0.05) is 0 Å². The first-order valence-electron chi connectivity index (χ1n) is 6.33. The van der Waals surface area contributed by atoms with Gasteiger partial charge in [0, 0.05) is 25.9 Å². The van der Waals surface area contributed by atoms with Crippen molar-refractivity contribution in [2.45, 2.75) is 51.1 Å². The summed E-state index contributed by atoms with van der Waals surface area (Å²) in [7, 11) is 0. The van der Waals surface area contributed by atoms with Crippen LogP contribution in [0.5, 0.6) is 0 Å². The van der Waals surface area contributed by atoms with Gasteiger partial charge in [0.15, 0.2) is 6.10 Å². The van der Waals surface area contributed by atoms with Crippen LogP contribution in [0, 0.1) is 0 Å². The van der Waals surface area contributed by atoms with E-state index in [1.54, 1.807) is 0 Å². The van der Waals surface area contributed by atoms with Gasteiger partial charge in [0.25, 0.3) is 0 Å². The second-order valence-corrected chi connectivity index (χ2v) is 4.85. The fraction of sp³-hybridized carbons (Fsp3) is 0.917. The maximum atomic E-state index is 11.9. The van der Waals surface area contributed by atoms with E-state index in [1.807, 2.05) is 13.8 Å². The average Bonchev–Trinajstić information content (AvgIpc) is 2.28. The van der Waals surface area contributed by atoms with E-state index in [1.165, 1.54) is 0 Å². The van der Waals surface area contributed by atoms with Gasteiger partial charge in [-0.15, -0.1) is 0 Å². The standard InChI is InChI=1S/C12H21NO4/c1-8-5-10(6-9(2)16-8)17-12(14)11-7-13-3-4-15-11/h8-11,13H,3-7H2,1-2H3.